The van der Waals surface area contributed by atoms with E-state index in [4.69, 9.17) is 0 Å². The zero-order chi connectivity index (χ0) is 18.0. The van der Waals surface area contributed by atoms with Gasteiger partial charge in [-0.25, -0.2) is 4.39 Å². The van der Waals surface area contributed by atoms with Crippen molar-refractivity contribution in [1.82, 2.24) is 10.6 Å². The summed E-state index contributed by atoms with van der Waals surface area (Å²) in [7, 11) is 1.85. The lowest BCUT2D eigenvalue weighted by atomic mass is 9.97. The molecule has 1 amide bonds. The van der Waals surface area contributed by atoms with Gasteiger partial charge in [-0.15, -0.1) is 0 Å². The number of rotatable bonds is 6. The summed E-state index contributed by atoms with van der Waals surface area (Å²) in [4.78, 5) is 14.8. The molecule has 1 aliphatic carbocycles. The lowest BCUT2D eigenvalue weighted by molar-refractivity contribution is -0.124. The second-order valence-corrected chi connectivity index (χ2v) is 7.94. The number of carbonyl (C=O) groups is 1. The number of fused-ring (bicyclic) bond motifs is 1. The average Bonchev–Trinajstić information content (AvgIpc) is 3.14. The Balaban J connectivity index is 1.62. The monoisotopic (exact) mass is 347 g/mol. The highest BCUT2D eigenvalue weighted by molar-refractivity contribution is 5.82. The number of benzene rings is 1. The number of amides is 1. The number of hydrogen-bond acceptors (Lipinski definition) is 3. The topological polar surface area (TPSA) is 44.4 Å². The van der Waals surface area contributed by atoms with Crippen molar-refractivity contribution in [3.05, 3.63) is 30.1 Å². The van der Waals surface area contributed by atoms with Gasteiger partial charge in [-0.1, -0.05) is 26.0 Å². The first kappa shape index (κ1) is 18.2. The van der Waals surface area contributed by atoms with E-state index in [1.54, 1.807) is 6.07 Å². The molecule has 2 fully saturated rings. The maximum atomic E-state index is 14.1. The normalized spacial score (nSPS) is 26.8. The molecule has 1 heterocycles. The Morgan fingerprint density at radius 3 is 2.72 bits per heavy atom. The average molecular weight is 347 g/mol. The Morgan fingerprint density at radius 2 is 2.04 bits per heavy atom. The fourth-order valence-corrected chi connectivity index (χ4v) is 4.46. The molecule has 3 rings (SSSR count). The molecule has 138 valence electrons. The Labute approximate surface area is 150 Å². The molecular formula is C20H30FN3O. The summed E-state index contributed by atoms with van der Waals surface area (Å²) < 4.78 is 14.1. The van der Waals surface area contributed by atoms with Crippen LogP contribution in [0.25, 0.3) is 0 Å². The molecule has 1 saturated carbocycles. The lowest BCUT2D eigenvalue weighted by Crippen LogP contribution is -2.49. The molecule has 5 heteroatoms. The molecule has 2 aliphatic rings. The van der Waals surface area contributed by atoms with Crippen LogP contribution in [0.3, 0.4) is 0 Å². The van der Waals surface area contributed by atoms with Gasteiger partial charge in [0.2, 0.25) is 5.91 Å². The smallest absolute Gasteiger partial charge is 0.237 e. The second-order valence-electron chi connectivity index (χ2n) is 7.94. The van der Waals surface area contributed by atoms with Crippen molar-refractivity contribution in [3.8, 4) is 0 Å². The van der Waals surface area contributed by atoms with Crippen LogP contribution in [0.4, 0.5) is 10.1 Å². The summed E-state index contributed by atoms with van der Waals surface area (Å²) in [5.41, 5.74) is 0.690. The van der Waals surface area contributed by atoms with Crippen LogP contribution >= 0.6 is 0 Å². The molecule has 1 aliphatic heterocycles. The van der Waals surface area contributed by atoms with Gasteiger partial charge in [0.15, 0.2) is 0 Å². The molecular weight excluding hydrogens is 317 g/mol. The summed E-state index contributed by atoms with van der Waals surface area (Å²) in [6.07, 6.45) is 2.98. The van der Waals surface area contributed by atoms with Gasteiger partial charge in [-0.3, -0.25) is 4.79 Å². The first-order chi connectivity index (χ1) is 12.0. The van der Waals surface area contributed by atoms with E-state index in [0.29, 0.717) is 23.4 Å². The Bertz CT molecular complexity index is 606. The van der Waals surface area contributed by atoms with Gasteiger partial charge in [0.05, 0.1) is 11.7 Å². The van der Waals surface area contributed by atoms with Crippen LogP contribution < -0.4 is 15.5 Å². The largest absolute Gasteiger partial charge is 0.369 e. The van der Waals surface area contributed by atoms with Crippen LogP contribution in [-0.2, 0) is 4.79 Å². The zero-order valence-electron chi connectivity index (χ0n) is 15.5. The number of anilines is 1. The number of para-hydroxylation sites is 1. The summed E-state index contributed by atoms with van der Waals surface area (Å²) in [6, 6.07) is 7.05. The Hall–Kier alpha value is -1.62. The number of nitrogens with one attached hydrogen (secondary N) is 2. The van der Waals surface area contributed by atoms with Crippen LogP contribution in [0.15, 0.2) is 24.3 Å². The summed E-state index contributed by atoms with van der Waals surface area (Å²) >= 11 is 0. The van der Waals surface area contributed by atoms with Crippen LogP contribution in [0, 0.1) is 23.6 Å². The lowest BCUT2D eigenvalue weighted by Gasteiger charge is -2.25. The van der Waals surface area contributed by atoms with Crippen molar-refractivity contribution in [3.63, 3.8) is 0 Å². The molecule has 0 bridgehead atoms. The molecule has 0 radical (unpaired) electrons. The Morgan fingerprint density at radius 1 is 1.28 bits per heavy atom. The maximum Gasteiger partial charge on any atom is 0.237 e. The van der Waals surface area contributed by atoms with Gasteiger partial charge in [0, 0.05) is 25.0 Å². The van der Waals surface area contributed by atoms with Crippen LogP contribution in [0.2, 0.25) is 0 Å². The molecule has 2 N–H and O–H groups in total. The quantitative estimate of drug-likeness (QED) is 0.832. The fourth-order valence-electron chi connectivity index (χ4n) is 4.46. The molecule has 25 heavy (non-hydrogen) atoms. The van der Waals surface area contributed by atoms with Gasteiger partial charge >= 0.3 is 0 Å². The van der Waals surface area contributed by atoms with Crippen molar-refractivity contribution >= 4 is 11.6 Å². The zero-order valence-corrected chi connectivity index (χ0v) is 15.5. The molecule has 0 aromatic heterocycles. The standard InChI is InChI=1S/C20H30FN3O/c1-13(2)10-18(22-3)20(25)23-17-9-8-14-11-24(12-15(14)17)19-7-5-4-6-16(19)21/h4-7,13-15,17-18,22H,8-12H2,1-3H3,(H,23,25)/t14-,15+,17+,18+/m1/s1. The molecule has 0 unspecified atom stereocenters. The highest BCUT2D eigenvalue weighted by Crippen LogP contribution is 2.40. The van der Waals surface area contributed by atoms with E-state index in [1.807, 2.05) is 19.2 Å². The summed E-state index contributed by atoms with van der Waals surface area (Å²) in [5.74, 6) is 1.38. The van der Waals surface area contributed by atoms with Crippen molar-refractivity contribution in [1.29, 1.82) is 0 Å². The minimum Gasteiger partial charge on any atom is -0.369 e. The number of hydrogen-bond donors (Lipinski definition) is 2. The van der Waals surface area contributed by atoms with Crippen molar-refractivity contribution in [2.75, 3.05) is 25.0 Å². The third-order valence-electron chi connectivity index (χ3n) is 5.75. The van der Waals surface area contributed by atoms with Gasteiger partial charge < -0.3 is 15.5 Å². The van der Waals surface area contributed by atoms with Gasteiger partial charge in [0.1, 0.15) is 5.82 Å². The third kappa shape index (κ3) is 3.97. The SMILES string of the molecule is CN[C@@H](CC(C)C)C(=O)N[C@H]1CC[C@@H]2CN(c3ccccc3F)C[C@@H]21. The number of likely N-dealkylation sites (N-methyl/N-ethyl adjacent to an activating group) is 1. The first-order valence-corrected chi connectivity index (χ1v) is 9.46. The highest BCUT2D eigenvalue weighted by atomic mass is 19.1. The summed E-state index contributed by atoms with van der Waals surface area (Å²) in [5, 5.41) is 6.41. The first-order valence-electron chi connectivity index (χ1n) is 9.46. The van der Waals surface area contributed by atoms with E-state index in [-0.39, 0.29) is 23.8 Å². The minimum atomic E-state index is -0.157. The van der Waals surface area contributed by atoms with Gasteiger partial charge in [-0.2, -0.15) is 0 Å². The molecule has 1 saturated heterocycles. The van der Waals surface area contributed by atoms with E-state index < -0.39 is 0 Å². The van der Waals surface area contributed by atoms with Crippen LogP contribution in [0.1, 0.15) is 33.1 Å². The predicted octanol–water partition coefficient (Wildman–Crippen LogP) is 2.79. The Kier molecular flexibility index (Phi) is 5.62. The number of nitrogens with zero attached hydrogens (tertiary/aromatic N) is 1. The van der Waals surface area contributed by atoms with Crippen LogP contribution in [0.5, 0.6) is 0 Å². The second kappa shape index (κ2) is 7.73. The van der Waals surface area contributed by atoms with Crippen molar-refractivity contribution < 1.29 is 9.18 Å². The fraction of sp³-hybridized carbons (Fsp3) is 0.650. The predicted molar refractivity (Wildman–Crippen MR) is 99.1 cm³/mol. The van der Waals surface area contributed by atoms with E-state index in [9.17, 15) is 9.18 Å². The highest BCUT2D eigenvalue weighted by Gasteiger charge is 2.44. The summed E-state index contributed by atoms with van der Waals surface area (Å²) in [6.45, 7) is 5.98. The van der Waals surface area contributed by atoms with Gasteiger partial charge in [0.25, 0.3) is 0 Å². The van der Waals surface area contributed by atoms with E-state index in [0.717, 1.165) is 32.4 Å². The molecule has 1 aromatic rings. The van der Waals surface area contributed by atoms with E-state index in [1.165, 1.54) is 6.07 Å². The van der Waals surface area contributed by atoms with E-state index in [2.05, 4.69) is 29.4 Å². The van der Waals surface area contributed by atoms with Crippen molar-refractivity contribution in [2.24, 2.45) is 17.8 Å². The van der Waals surface area contributed by atoms with E-state index >= 15 is 0 Å². The maximum absolute atomic E-state index is 14.1. The molecule has 0 spiro atoms. The molecule has 4 atom stereocenters. The number of halogens is 1. The van der Waals surface area contributed by atoms with Crippen molar-refractivity contribution in [2.45, 2.75) is 45.2 Å². The third-order valence-corrected chi connectivity index (χ3v) is 5.75. The number of carbonyl (C=O) groups excluding carboxylic acids is 1. The van der Waals surface area contributed by atoms with Crippen LogP contribution in [-0.4, -0.2) is 38.1 Å². The molecule has 1 aromatic carbocycles. The molecule has 4 nitrogen and oxygen atoms in total. The minimum absolute atomic E-state index is 0.103. The van der Waals surface area contributed by atoms with Gasteiger partial charge in [-0.05, 0) is 50.3 Å².